The van der Waals surface area contributed by atoms with Crippen molar-refractivity contribution in [3.8, 4) is 0 Å². The van der Waals surface area contributed by atoms with E-state index in [2.05, 4.69) is 17.2 Å². The number of aromatic nitrogens is 1. The van der Waals surface area contributed by atoms with Gasteiger partial charge in [-0.2, -0.15) is 0 Å². The average Bonchev–Trinajstić information content (AvgIpc) is 2.27. The standard InChI is InChI=1S/C13H22N2O/c1-10(2)13(4,16)9-15-11(3)12-6-5-7-14-8-12/h5-8,10-11,15-16H,9H2,1-4H3/t11-,13?/m0/s1. The number of aliphatic hydroxyl groups is 1. The van der Waals surface area contributed by atoms with Gasteiger partial charge in [0, 0.05) is 25.0 Å². The fourth-order valence-corrected chi connectivity index (χ4v) is 1.31. The second-order valence-corrected chi connectivity index (χ2v) is 4.90. The molecule has 0 saturated carbocycles. The van der Waals surface area contributed by atoms with Crippen molar-refractivity contribution in [3.63, 3.8) is 0 Å². The van der Waals surface area contributed by atoms with E-state index in [0.717, 1.165) is 5.56 Å². The SMILES string of the molecule is CC(C)C(C)(O)CN[C@@H](C)c1cccnc1. The lowest BCUT2D eigenvalue weighted by atomic mass is 9.92. The van der Waals surface area contributed by atoms with E-state index >= 15 is 0 Å². The van der Waals surface area contributed by atoms with Crippen molar-refractivity contribution in [1.82, 2.24) is 10.3 Å². The summed E-state index contributed by atoms with van der Waals surface area (Å²) in [6.07, 6.45) is 3.61. The minimum atomic E-state index is -0.670. The number of nitrogens with zero attached hydrogens (tertiary/aromatic N) is 1. The van der Waals surface area contributed by atoms with Crippen LogP contribution in [0.2, 0.25) is 0 Å². The van der Waals surface area contributed by atoms with Crippen molar-refractivity contribution in [2.45, 2.75) is 39.3 Å². The molecule has 0 bridgehead atoms. The van der Waals surface area contributed by atoms with Gasteiger partial charge in [-0.05, 0) is 31.4 Å². The van der Waals surface area contributed by atoms with Crippen LogP contribution in [0, 0.1) is 5.92 Å². The smallest absolute Gasteiger partial charge is 0.0766 e. The third-order valence-corrected chi connectivity index (χ3v) is 3.19. The van der Waals surface area contributed by atoms with Gasteiger partial charge in [0.25, 0.3) is 0 Å². The van der Waals surface area contributed by atoms with Crippen LogP contribution in [0.25, 0.3) is 0 Å². The van der Waals surface area contributed by atoms with E-state index in [1.807, 2.05) is 39.1 Å². The summed E-state index contributed by atoms with van der Waals surface area (Å²) in [5.41, 5.74) is 0.471. The first-order valence-corrected chi connectivity index (χ1v) is 5.79. The monoisotopic (exact) mass is 222 g/mol. The molecule has 16 heavy (non-hydrogen) atoms. The lowest BCUT2D eigenvalue weighted by molar-refractivity contribution is 0.0122. The number of nitrogens with one attached hydrogen (secondary N) is 1. The number of pyridine rings is 1. The van der Waals surface area contributed by atoms with Gasteiger partial charge >= 0.3 is 0 Å². The molecule has 1 aromatic heterocycles. The highest BCUT2D eigenvalue weighted by Gasteiger charge is 2.25. The van der Waals surface area contributed by atoms with Gasteiger partial charge < -0.3 is 10.4 Å². The summed E-state index contributed by atoms with van der Waals surface area (Å²) in [6, 6.07) is 4.17. The van der Waals surface area contributed by atoms with Crippen molar-refractivity contribution in [3.05, 3.63) is 30.1 Å². The molecular weight excluding hydrogens is 200 g/mol. The second-order valence-electron chi connectivity index (χ2n) is 4.90. The normalized spacial score (nSPS) is 17.1. The minimum Gasteiger partial charge on any atom is -0.389 e. The molecule has 1 unspecified atom stereocenters. The Morgan fingerprint density at radius 3 is 2.62 bits per heavy atom. The number of rotatable bonds is 5. The van der Waals surface area contributed by atoms with Crippen molar-refractivity contribution >= 4 is 0 Å². The molecule has 0 aromatic carbocycles. The molecule has 0 aliphatic heterocycles. The fraction of sp³-hybridized carbons (Fsp3) is 0.615. The van der Waals surface area contributed by atoms with Crippen molar-refractivity contribution in [2.75, 3.05) is 6.54 Å². The van der Waals surface area contributed by atoms with E-state index in [4.69, 9.17) is 0 Å². The molecule has 0 radical (unpaired) electrons. The van der Waals surface area contributed by atoms with E-state index in [-0.39, 0.29) is 12.0 Å². The first kappa shape index (κ1) is 13.1. The Balaban J connectivity index is 2.51. The quantitative estimate of drug-likeness (QED) is 0.802. The van der Waals surface area contributed by atoms with Gasteiger partial charge in [0.15, 0.2) is 0 Å². The molecule has 3 heteroatoms. The summed E-state index contributed by atoms with van der Waals surface area (Å²) in [5, 5.41) is 13.4. The Morgan fingerprint density at radius 1 is 1.44 bits per heavy atom. The average molecular weight is 222 g/mol. The summed E-state index contributed by atoms with van der Waals surface area (Å²) in [6.45, 7) is 8.57. The highest BCUT2D eigenvalue weighted by Crippen LogP contribution is 2.17. The highest BCUT2D eigenvalue weighted by atomic mass is 16.3. The Kier molecular flexibility index (Phi) is 4.44. The molecule has 0 saturated heterocycles. The van der Waals surface area contributed by atoms with Crippen LogP contribution in [0.15, 0.2) is 24.5 Å². The fourth-order valence-electron chi connectivity index (χ4n) is 1.31. The topological polar surface area (TPSA) is 45.1 Å². The van der Waals surface area contributed by atoms with E-state index in [1.165, 1.54) is 0 Å². The van der Waals surface area contributed by atoms with E-state index in [9.17, 15) is 5.11 Å². The molecule has 90 valence electrons. The zero-order chi connectivity index (χ0) is 12.2. The van der Waals surface area contributed by atoms with Crippen LogP contribution in [0.1, 0.15) is 39.3 Å². The summed E-state index contributed by atoms with van der Waals surface area (Å²) in [4.78, 5) is 4.08. The molecule has 0 aliphatic rings. The van der Waals surface area contributed by atoms with E-state index in [0.29, 0.717) is 6.54 Å². The maximum absolute atomic E-state index is 10.1. The zero-order valence-electron chi connectivity index (χ0n) is 10.6. The summed E-state index contributed by atoms with van der Waals surface area (Å²) in [7, 11) is 0. The van der Waals surface area contributed by atoms with Crippen LogP contribution in [-0.4, -0.2) is 22.2 Å². The Labute approximate surface area is 97.9 Å². The summed E-state index contributed by atoms with van der Waals surface area (Å²) >= 11 is 0. The maximum Gasteiger partial charge on any atom is 0.0766 e. The molecule has 1 heterocycles. The molecule has 0 fully saturated rings. The minimum absolute atomic E-state index is 0.207. The molecule has 0 aliphatic carbocycles. The van der Waals surface area contributed by atoms with Crippen LogP contribution < -0.4 is 5.32 Å². The third kappa shape index (κ3) is 3.58. The molecule has 0 amide bonds. The van der Waals surface area contributed by atoms with Gasteiger partial charge in [0.2, 0.25) is 0 Å². The molecule has 0 spiro atoms. The highest BCUT2D eigenvalue weighted by molar-refractivity contribution is 5.12. The van der Waals surface area contributed by atoms with Crippen LogP contribution in [0.4, 0.5) is 0 Å². The van der Waals surface area contributed by atoms with E-state index < -0.39 is 5.60 Å². The molecular formula is C13H22N2O. The van der Waals surface area contributed by atoms with Gasteiger partial charge in [0.1, 0.15) is 0 Å². The largest absolute Gasteiger partial charge is 0.389 e. The molecule has 2 atom stereocenters. The second kappa shape index (κ2) is 5.41. The van der Waals surface area contributed by atoms with Crippen LogP contribution in [-0.2, 0) is 0 Å². The molecule has 2 N–H and O–H groups in total. The third-order valence-electron chi connectivity index (χ3n) is 3.19. The first-order valence-electron chi connectivity index (χ1n) is 5.79. The summed E-state index contributed by atoms with van der Waals surface area (Å²) < 4.78 is 0. The predicted octanol–water partition coefficient (Wildman–Crippen LogP) is 2.14. The molecule has 3 nitrogen and oxygen atoms in total. The first-order chi connectivity index (χ1) is 7.43. The number of hydrogen-bond donors (Lipinski definition) is 2. The van der Waals surface area contributed by atoms with Crippen molar-refractivity contribution in [1.29, 1.82) is 0 Å². The Bertz CT molecular complexity index is 309. The number of hydrogen-bond acceptors (Lipinski definition) is 3. The van der Waals surface area contributed by atoms with Gasteiger partial charge in [-0.1, -0.05) is 19.9 Å². The van der Waals surface area contributed by atoms with Crippen LogP contribution in [0.5, 0.6) is 0 Å². The van der Waals surface area contributed by atoms with E-state index in [1.54, 1.807) is 6.20 Å². The Morgan fingerprint density at radius 2 is 2.12 bits per heavy atom. The molecule has 1 rings (SSSR count). The van der Waals surface area contributed by atoms with Crippen molar-refractivity contribution < 1.29 is 5.11 Å². The van der Waals surface area contributed by atoms with Gasteiger partial charge in [-0.25, -0.2) is 0 Å². The lowest BCUT2D eigenvalue weighted by Crippen LogP contribution is -2.42. The van der Waals surface area contributed by atoms with Crippen LogP contribution >= 0.6 is 0 Å². The lowest BCUT2D eigenvalue weighted by Gasteiger charge is -2.29. The van der Waals surface area contributed by atoms with Crippen LogP contribution in [0.3, 0.4) is 0 Å². The van der Waals surface area contributed by atoms with Gasteiger partial charge in [0.05, 0.1) is 5.60 Å². The van der Waals surface area contributed by atoms with Gasteiger partial charge in [-0.3, -0.25) is 4.98 Å². The molecule has 1 aromatic rings. The zero-order valence-corrected chi connectivity index (χ0v) is 10.6. The maximum atomic E-state index is 10.1. The predicted molar refractivity (Wildman–Crippen MR) is 66.1 cm³/mol. The van der Waals surface area contributed by atoms with Gasteiger partial charge in [-0.15, -0.1) is 0 Å². The Hall–Kier alpha value is -0.930. The van der Waals surface area contributed by atoms with Crippen molar-refractivity contribution in [2.24, 2.45) is 5.92 Å². The summed E-state index contributed by atoms with van der Waals surface area (Å²) in [5.74, 6) is 0.237.